The van der Waals surface area contributed by atoms with E-state index < -0.39 is 0 Å². The molecule has 0 amide bonds. The van der Waals surface area contributed by atoms with Crippen molar-refractivity contribution < 1.29 is 4.74 Å². The van der Waals surface area contributed by atoms with Gasteiger partial charge in [0.25, 0.3) is 0 Å². The van der Waals surface area contributed by atoms with Gasteiger partial charge in [-0.2, -0.15) is 0 Å². The maximum absolute atomic E-state index is 5.45. The van der Waals surface area contributed by atoms with E-state index in [0.29, 0.717) is 12.2 Å². The van der Waals surface area contributed by atoms with Crippen LogP contribution in [0.25, 0.3) is 0 Å². The molecule has 2 unspecified atom stereocenters. The van der Waals surface area contributed by atoms with Crippen LogP contribution in [0.1, 0.15) is 32.6 Å². The molecular formula is C9H14O. The van der Waals surface area contributed by atoms with E-state index >= 15 is 0 Å². The van der Waals surface area contributed by atoms with Crippen LogP contribution < -0.4 is 0 Å². The van der Waals surface area contributed by atoms with Gasteiger partial charge in [0, 0.05) is 0 Å². The number of allylic oxidation sites excluding steroid dienone is 2. The van der Waals surface area contributed by atoms with Gasteiger partial charge in [0.1, 0.15) is 0 Å². The van der Waals surface area contributed by atoms with E-state index in [1.807, 2.05) is 0 Å². The Morgan fingerprint density at radius 2 is 2.20 bits per heavy atom. The first-order chi connectivity index (χ1) is 4.86. The Balaban J connectivity index is 1.95. The van der Waals surface area contributed by atoms with Gasteiger partial charge in [-0.15, -0.1) is 0 Å². The van der Waals surface area contributed by atoms with Crippen LogP contribution in [-0.2, 0) is 4.74 Å². The largest absolute Gasteiger partial charge is 0.370 e. The fraction of sp³-hybridized carbons (Fsp3) is 0.778. The van der Waals surface area contributed by atoms with Gasteiger partial charge in [-0.05, 0) is 32.6 Å². The molecule has 2 atom stereocenters. The van der Waals surface area contributed by atoms with Crippen molar-refractivity contribution in [2.75, 3.05) is 0 Å². The van der Waals surface area contributed by atoms with Gasteiger partial charge in [0.15, 0.2) is 0 Å². The Kier molecular flexibility index (Phi) is 1.53. The van der Waals surface area contributed by atoms with E-state index in [-0.39, 0.29) is 0 Å². The van der Waals surface area contributed by atoms with Gasteiger partial charge in [-0.1, -0.05) is 11.6 Å². The van der Waals surface area contributed by atoms with Crippen LogP contribution in [0.15, 0.2) is 11.6 Å². The molecule has 1 nitrogen and oxygen atoms in total. The minimum Gasteiger partial charge on any atom is -0.370 e. The Morgan fingerprint density at radius 1 is 1.40 bits per heavy atom. The molecule has 0 N–H and O–H groups in total. The predicted molar refractivity (Wildman–Crippen MR) is 40.9 cm³/mol. The van der Waals surface area contributed by atoms with Crippen molar-refractivity contribution in [3.8, 4) is 0 Å². The molecule has 1 heteroatoms. The van der Waals surface area contributed by atoms with E-state index in [4.69, 9.17) is 4.74 Å². The highest BCUT2D eigenvalue weighted by Crippen LogP contribution is 2.33. The van der Waals surface area contributed by atoms with E-state index in [0.717, 1.165) is 0 Å². The molecule has 2 rings (SSSR count). The average Bonchev–Trinajstić information content (AvgIpc) is 2.59. The van der Waals surface area contributed by atoms with Crippen LogP contribution in [0.2, 0.25) is 0 Å². The summed E-state index contributed by atoms with van der Waals surface area (Å²) in [6, 6.07) is 0. The molecule has 0 spiro atoms. The highest BCUT2D eigenvalue weighted by Gasteiger charge is 2.37. The van der Waals surface area contributed by atoms with E-state index in [1.54, 1.807) is 5.57 Å². The molecule has 0 bridgehead atoms. The second-order valence-corrected chi connectivity index (χ2v) is 3.38. The maximum Gasteiger partial charge on any atom is 0.0845 e. The zero-order valence-electron chi connectivity index (χ0n) is 6.47. The summed E-state index contributed by atoms with van der Waals surface area (Å²) in [4.78, 5) is 0. The van der Waals surface area contributed by atoms with E-state index in [9.17, 15) is 0 Å². The molecule has 10 heavy (non-hydrogen) atoms. The van der Waals surface area contributed by atoms with Gasteiger partial charge in [0.05, 0.1) is 12.2 Å². The molecule has 0 saturated carbocycles. The van der Waals surface area contributed by atoms with E-state index in [1.165, 1.54) is 25.7 Å². The lowest BCUT2D eigenvalue weighted by molar-refractivity contribution is 0.358. The van der Waals surface area contributed by atoms with Gasteiger partial charge in [-0.3, -0.25) is 0 Å². The number of fused-ring (bicyclic) bond motifs is 1. The van der Waals surface area contributed by atoms with E-state index in [2.05, 4.69) is 13.0 Å². The third-order valence-electron chi connectivity index (χ3n) is 2.45. The summed E-state index contributed by atoms with van der Waals surface area (Å²) in [6.07, 6.45) is 8.61. The van der Waals surface area contributed by atoms with Crippen molar-refractivity contribution in [3.63, 3.8) is 0 Å². The minimum absolute atomic E-state index is 0.628. The summed E-state index contributed by atoms with van der Waals surface area (Å²) < 4.78 is 5.45. The highest BCUT2D eigenvalue weighted by atomic mass is 16.6. The first kappa shape index (κ1) is 6.41. The zero-order valence-corrected chi connectivity index (χ0v) is 6.47. The molecular weight excluding hydrogens is 124 g/mol. The molecule has 0 aromatic rings. The standard InChI is InChI=1S/C9H14O/c1-7-3-2-4-8-9(10-8)6-5-7/h3,8-9H,2,4-6H2,1H3. The molecule has 1 fully saturated rings. The molecule has 1 saturated heterocycles. The zero-order chi connectivity index (χ0) is 6.97. The van der Waals surface area contributed by atoms with Gasteiger partial charge >= 0.3 is 0 Å². The number of rotatable bonds is 0. The third kappa shape index (κ3) is 1.24. The average molecular weight is 138 g/mol. The molecule has 0 aromatic heterocycles. The van der Waals surface area contributed by atoms with Crippen LogP contribution in [0, 0.1) is 0 Å². The molecule has 1 heterocycles. The summed E-state index contributed by atoms with van der Waals surface area (Å²) in [5.74, 6) is 0. The lowest BCUT2D eigenvalue weighted by atomic mass is 10.0. The number of hydrogen-bond donors (Lipinski definition) is 0. The van der Waals surface area contributed by atoms with Crippen LogP contribution in [0.3, 0.4) is 0 Å². The van der Waals surface area contributed by atoms with Gasteiger partial charge in [0.2, 0.25) is 0 Å². The Bertz CT molecular complexity index is 160. The maximum atomic E-state index is 5.45. The first-order valence-electron chi connectivity index (χ1n) is 4.17. The molecule has 1 aliphatic carbocycles. The number of epoxide rings is 1. The van der Waals surface area contributed by atoms with Crippen LogP contribution in [0.5, 0.6) is 0 Å². The van der Waals surface area contributed by atoms with Crippen LogP contribution in [-0.4, -0.2) is 12.2 Å². The monoisotopic (exact) mass is 138 g/mol. The normalized spacial score (nSPS) is 39.1. The molecule has 2 aliphatic rings. The highest BCUT2D eigenvalue weighted by molar-refractivity contribution is 5.03. The van der Waals surface area contributed by atoms with Gasteiger partial charge in [-0.25, -0.2) is 0 Å². The van der Waals surface area contributed by atoms with Crippen molar-refractivity contribution in [2.24, 2.45) is 0 Å². The summed E-state index contributed by atoms with van der Waals surface area (Å²) in [6.45, 7) is 2.22. The molecule has 1 aliphatic heterocycles. The molecule has 0 radical (unpaired) electrons. The summed E-state index contributed by atoms with van der Waals surface area (Å²) in [5, 5.41) is 0. The van der Waals surface area contributed by atoms with Crippen molar-refractivity contribution in [2.45, 2.75) is 44.8 Å². The van der Waals surface area contributed by atoms with Gasteiger partial charge < -0.3 is 4.74 Å². The number of ether oxygens (including phenoxy) is 1. The van der Waals surface area contributed by atoms with Crippen molar-refractivity contribution >= 4 is 0 Å². The number of hydrogen-bond acceptors (Lipinski definition) is 1. The summed E-state index contributed by atoms with van der Waals surface area (Å²) in [7, 11) is 0. The smallest absolute Gasteiger partial charge is 0.0845 e. The summed E-state index contributed by atoms with van der Waals surface area (Å²) >= 11 is 0. The summed E-state index contributed by atoms with van der Waals surface area (Å²) in [5.41, 5.74) is 1.55. The van der Waals surface area contributed by atoms with Crippen molar-refractivity contribution in [1.29, 1.82) is 0 Å². The first-order valence-corrected chi connectivity index (χ1v) is 4.17. The lowest BCUT2D eigenvalue weighted by Crippen LogP contribution is -1.97. The van der Waals surface area contributed by atoms with Crippen molar-refractivity contribution in [3.05, 3.63) is 11.6 Å². The van der Waals surface area contributed by atoms with Crippen molar-refractivity contribution in [1.82, 2.24) is 0 Å². The minimum atomic E-state index is 0.628. The Hall–Kier alpha value is -0.300. The van der Waals surface area contributed by atoms with Crippen LogP contribution in [0.4, 0.5) is 0 Å². The third-order valence-corrected chi connectivity index (χ3v) is 2.45. The lowest BCUT2D eigenvalue weighted by Gasteiger charge is -2.02. The SMILES string of the molecule is CC1=CCCC2OC2CC1. The van der Waals surface area contributed by atoms with Crippen LogP contribution >= 0.6 is 0 Å². The second-order valence-electron chi connectivity index (χ2n) is 3.38. The predicted octanol–water partition coefficient (Wildman–Crippen LogP) is 2.27. The Morgan fingerprint density at radius 3 is 3.10 bits per heavy atom. The second kappa shape index (κ2) is 2.39. The molecule has 0 aromatic carbocycles. The molecule has 56 valence electrons. The quantitative estimate of drug-likeness (QED) is 0.369. The topological polar surface area (TPSA) is 12.5 Å². The Labute approximate surface area is 62.1 Å². The fourth-order valence-electron chi connectivity index (χ4n) is 1.65. The fourth-order valence-corrected chi connectivity index (χ4v) is 1.65.